The van der Waals surface area contributed by atoms with Gasteiger partial charge < -0.3 is 10.2 Å². The molecule has 218 valence electrons. The predicted molar refractivity (Wildman–Crippen MR) is 163 cm³/mol. The van der Waals surface area contributed by atoms with Crippen LogP contribution in [0.25, 0.3) is 0 Å². The second kappa shape index (κ2) is 13.5. The number of halogens is 1. The van der Waals surface area contributed by atoms with Crippen molar-refractivity contribution < 1.29 is 18.0 Å². The minimum atomic E-state index is -4.11. The number of nitrogens with one attached hydrogen (secondary N) is 1. The van der Waals surface area contributed by atoms with Crippen molar-refractivity contribution in [2.24, 2.45) is 0 Å². The van der Waals surface area contributed by atoms with E-state index in [0.29, 0.717) is 16.3 Å². The van der Waals surface area contributed by atoms with Gasteiger partial charge in [0.15, 0.2) is 0 Å². The van der Waals surface area contributed by atoms with Crippen molar-refractivity contribution in [2.75, 3.05) is 10.8 Å². The van der Waals surface area contributed by atoms with Gasteiger partial charge in [-0.2, -0.15) is 0 Å². The van der Waals surface area contributed by atoms with E-state index in [2.05, 4.69) is 5.32 Å². The van der Waals surface area contributed by atoms with E-state index in [1.54, 1.807) is 55.5 Å². The number of benzene rings is 3. The summed E-state index contributed by atoms with van der Waals surface area (Å²) in [5, 5.41) is 3.58. The van der Waals surface area contributed by atoms with Gasteiger partial charge in [-0.05, 0) is 74.6 Å². The molecule has 4 rings (SSSR count). The van der Waals surface area contributed by atoms with Crippen molar-refractivity contribution in [1.82, 2.24) is 10.2 Å². The molecule has 1 fully saturated rings. The fraction of sp³-hybridized carbons (Fsp3) is 0.375. The Bertz CT molecular complexity index is 1470. The number of anilines is 1. The zero-order chi connectivity index (χ0) is 29.6. The van der Waals surface area contributed by atoms with E-state index in [-0.39, 0.29) is 23.4 Å². The van der Waals surface area contributed by atoms with Crippen LogP contribution >= 0.6 is 11.6 Å². The van der Waals surface area contributed by atoms with Crippen molar-refractivity contribution in [3.05, 3.63) is 94.5 Å². The Kier molecular flexibility index (Phi) is 10.1. The van der Waals surface area contributed by atoms with Crippen LogP contribution in [0.2, 0.25) is 5.02 Å². The van der Waals surface area contributed by atoms with Gasteiger partial charge in [-0.3, -0.25) is 13.9 Å². The van der Waals surface area contributed by atoms with Gasteiger partial charge in [0.2, 0.25) is 11.8 Å². The summed E-state index contributed by atoms with van der Waals surface area (Å²) in [6.07, 6.45) is 5.09. The van der Waals surface area contributed by atoms with Gasteiger partial charge in [-0.1, -0.05) is 79.4 Å². The van der Waals surface area contributed by atoms with Crippen LogP contribution in [0.5, 0.6) is 0 Å². The van der Waals surface area contributed by atoms with E-state index >= 15 is 0 Å². The van der Waals surface area contributed by atoms with Crippen LogP contribution in [0.3, 0.4) is 0 Å². The van der Waals surface area contributed by atoms with Gasteiger partial charge in [0.05, 0.1) is 10.6 Å². The molecule has 3 aromatic carbocycles. The Labute approximate surface area is 248 Å². The summed E-state index contributed by atoms with van der Waals surface area (Å²) >= 11 is 6.46. The lowest BCUT2D eigenvalue weighted by atomic mass is 9.95. The smallest absolute Gasteiger partial charge is 0.264 e. The molecule has 1 aliphatic carbocycles. The minimum Gasteiger partial charge on any atom is -0.352 e. The Morgan fingerprint density at radius 1 is 0.927 bits per heavy atom. The summed E-state index contributed by atoms with van der Waals surface area (Å²) in [6.45, 7) is 5.00. The first-order valence-corrected chi connectivity index (χ1v) is 15.9. The average molecular weight is 596 g/mol. The molecule has 41 heavy (non-hydrogen) atoms. The predicted octanol–water partition coefficient (Wildman–Crippen LogP) is 6.02. The minimum absolute atomic E-state index is 0.0593. The number of carbonyl (C=O) groups is 2. The van der Waals surface area contributed by atoms with Crippen LogP contribution in [-0.2, 0) is 26.2 Å². The fourth-order valence-corrected chi connectivity index (χ4v) is 6.89. The van der Waals surface area contributed by atoms with Crippen molar-refractivity contribution >= 4 is 39.1 Å². The van der Waals surface area contributed by atoms with Gasteiger partial charge in [-0.25, -0.2) is 8.42 Å². The first-order valence-electron chi connectivity index (χ1n) is 14.1. The molecular weight excluding hydrogens is 558 g/mol. The molecule has 0 saturated heterocycles. The van der Waals surface area contributed by atoms with E-state index in [1.165, 1.54) is 17.0 Å². The highest BCUT2D eigenvalue weighted by Crippen LogP contribution is 2.29. The highest BCUT2D eigenvalue weighted by Gasteiger charge is 2.34. The van der Waals surface area contributed by atoms with E-state index in [4.69, 9.17) is 11.6 Å². The van der Waals surface area contributed by atoms with Crippen molar-refractivity contribution in [3.63, 3.8) is 0 Å². The summed E-state index contributed by atoms with van der Waals surface area (Å²) < 4.78 is 29.1. The molecule has 1 aliphatic rings. The monoisotopic (exact) mass is 595 g/mol. The number of aryl methyl sites for hydroxylation is 1. The zero-order valence-electron chi connectivity index (χ0n) is 23.8. The zero-order valence-corrected chi connectivity index (χ0v) is 25.4. The van der Waals surface area contributed by atoms with Gasteiger partial charge in [0, 0.05) is 17.6 Å². The number of carbonyl (C=O) groups excluding carboxylic acids is 2. The molecule has 0 unspecified atom stereocenters. The Morgan fingerprint density at radius 2 is 1.59 bits per heavy atom. The van der Waals surface area contributed by atoms with Crippen molar-refractivity contribution in [3.8, 4) is 0 Å². The third-order valence-electron chi connectivity index (χ3n) is 7.87. The highest BCUT2D eigenvalue weighted by atomic mass is 35.5. The normalized spacial score (nSPS) is 14.7. The molecule has 2 amide bonds. The van der Waals surface area contributed by atoms with Gasteiger partial charge in [0.25, 0.3) is 10.0 Å². The lowest BCUT2D eigenvalue weighted by molar-refractivity contribution is -0.139. The largest absolute Gasteiger partial charge is 0.352 e. The Morgan fingerprint density at radius 3 is 2.27 bits per heavy atom. The molecule has 0 aromatic heterocycles. The number of hydrogen-bond donors (Lipinski definition) is 1. The van der Waals surface area contributed by atoms with Crippen LogP contribution in [0.15, 0.2) is 77.7 Å². The number of nitrogens with zero attached hydrogens (tertiary/aromatic N) is 2. The summed E-state index contributed by atoms with van der Waals surface area (Å²) in [4.78, 5) is 29.1. The van der Waals surface area contributed by atoms with Gasteiger partial charge in [0.1, 0.15) is 12.6 Å². The molecule has 0 spiro atoms. The SMILES string of the molecule is Cc1cccc(N(CC(=O)N(Cc2ccccc2Cl)[C@H](C)C(=O)NC2CCCCC2)S(=O)(=O)c2ccccc2)c1C. The summed E-state index contributed by atoms with van der Waals surface area (Å²) in [6, 6.07) is 19.8. The van der Waals surface area contributed by atoms with E-state index in [1.807, 2.05) is 26.0 Å². The number of amides is 2. The first kappa shape index (κ1) is 30.6. The maximum absolute atomic E-state index is 14.2. The first-order chi connectivity index (χ1) is 19.6. The quantitative estimate of drug-likeness (QED) is 0.311. The molecule has 3 aromatic rings. The Hall–Kier alpha value is -3.36. The molecule has 7 nitrogen and oxygen atoms in total. The van der Waals surface area contributed by atoms with Crippen LogP contribution in [0, 0.1) is 13.8 Å². The Balaban J connectivity index is 1.71. The summed E-state index contributed by atoms with van der Waals surface area (Å²) in [5.74, 6) is -0.766. The molecule has 0 aliphatic heterocycles. The second-order valence-electron chi connectivity index (χ2n) is 10.7. The second-order valence-corrected chi connectivity index (χ2v) is 12.9. The lowest BCUT2D eigenvalue weighted by Gasteiger charge is -2.34. The molecule has 1 saturated carbocycles. The van der Waals surface area contributed by atoms with E-state index in [9.17, 15) is 18.0 Å². The summed E-state index contributed by atoms with van der Waals surface area (Å²) in [5.41, 5.74) is 2.74. The molecule has 0 radical (unpaired) electrons. The van der Waals surface area contributed by atoms with Crippen molar-refractivity contribution in [1.29, 1.82) is 0 Å². The van der Waals surface area contributed by atoms with E-state index < -0.39 is 28.5 Å². The molecule has 0 heterocycles. The standard InChI is InChI=1S/C32H38ClN3O4S/c1-23-13-12-20-30(24(23)2)36(41(39,40)28-17-8-5-9-18-28)22-31(37)35(21-26-14-10-11-19-29(26)33)25(3)32(38)34-27-15-6-4-7-16-27/h5,8-14,17-20,25,27H,4,6-7,15-16,21-22H2,1-3H3,(H,34,38)/t25-/m1/s1. The topological polar surface area (TPSA) is 86.8 Å². The molecule has 9 heteroatoms. The van der Waals surface area contributed by atoms with Gasteiger partial charge in [-0.15, -0.1) is 0 Å². The number of sulfonamides is 1. The molecular formula is C32H38ClN3O4S. The molecule has 1 atom stereocenters. The van der Waals surface area contributed by atoms with Crippen LogP contribution in [0.4, 0.5) is 5.69 Å². The number of hydrogen-bond acceptors (Lipinski definition) is 4. The molecule has 0 bridgehead atoms. The van der Waals surface area contributed by atoms with Crippen molar-refractivity contribution in [2.45, 2.75) is 76.4 Å². The highest BCUT2D eigenvalue weighted by molar-refractivity contribution is 7.92. The number of rotatable bonds is 10. The van der Waals surface area contributed by atoms with Crippen LogP contribution in [0.1, 0.15) is 55.7 Å². The summed E-state index contributed by atoms with van der Waals surface area (Å²) in [7, 11) is -4.11. The lowest BCUT2D eigenvalue weighted by Crippen LogP contribution is -2.53. The fourth-order valence-electron chi connectivity index (χ4n) is 5.20. The third kappa shape index (κ3) is 7.29. The van der Waals surface area contributed by atoms with Crippen LogP contribution < -0.4 is 9.62 Å². The third-order valence-corrected chi connectivity index (χ3v) is 10.0. The maximum atomic E-state index is 14.2. The molecule has 1 N–H and O–H groups in total. The average Bonchev–Trinajstić information content (AvgIpc) is 2.97. The van der Waals surface area contributed by atoms with E-state index in [0.717, 1.165) is 47.5 Å². The maximum Gasteiger partial charge on any atom is 0.264 e. The van der Waals surface area contributed by atoms with Crippen LogP contribution in [-0.4, -0.2) is 43.8 Å². The van der Waals surface area contributed by atoms with Gasteiger partial charge >= 0.3 is 0 Å².